The van der Waals surface area contributed by atoms with Crippen LogP contribution in [0.3, 0.4) is 0 Å². The van der Waals surface area contributed by atoms with Crippen molar-refractivity contribution in [2.75, 3.05) is 11.9 Å². The molecular weight excluding hydrogens is 280 g/mol. The highest BCUT2D eigenvalue weighted by Gasteiger charge is 2.54. The van der Waals surface area contributed by atoms with E-state index in [1.54, 1.807) is 0 Å². The van der Waals surface area contributed by atoms with Crippen molar-refractivity contribution in [3.63, 3.8) is 0 Å². The molecule has 2 heterocycles. The standard InChI is InChI=1S/C21H32N2/c1-12-11-17-18(14(3)13(12)2)23-16(5)22(10)15(4)19(23)21(8,9)20(17,6)7/h11,16H,1-10H3/t16-/m1/s1. The molecule has 2 heteroatoms. The minimum absolute atomic E-state index is 0.0945. The van der Waals surface area contributed by atoms with Crippen LogP contribution in [0.2, 0.25) is 0 Å². The SMILES string of the molecule is CC1=C2N(c3c(cc(C)c(C)c3C)C(C)(C)C2(C)C)[C@H](C)N1C. The summed E-state index contributed by atoms with van der Waals surface area (Å²) in [5.74, 6) is 0. The minimum atomic E-state index is 0.0945. The Hall–Kier alpha value is -1.44. The third-order valence-electron chi connectivity index (χ3n) is 7.24. The molecule has 0 aliphatic carbocycles. The van der Waals surface area contributed by atoms with Crippen LogP contribution < -0.4 is 4.90 Å². The molecule has 2 aliphatic heterocycles. The Morgan fingerprint density at radius 1 is 0.913 bits per heavy atom. The normalized spacial score (nSPS) is 24.9. The van der Waals surface area contributed by atoms with Crippen molar-refractivity contribution < 1.29 is 0 Å². The second-order valence-corrected chi connectivity index (χ2v) is 8.64. The van der Waals surface area contributed by atoms with E-state index in [-0.39, 0.29) is 10.8 Å². The smallest absolute Gasteiger partial charge is 0.103 e. The molecule has 0 bridgehead atoms. The van der Waals surface area contributed by atoms with Crippen molar-refractivity contribution >= 4 is 5.69 Å². The highest BCUT2D eigenvalue weighted by Crippen LogP contribution is 2.59. The molecule has 1 aromatic rings. The molecule has 2 nitrogen and oxygen atoms in total. The first-order chi connectivity index (χ1) is 10.4. The lowest BCUT2D eigenvalue weighted by Crippen LogP contribution is -2.50. The van der Waals surface area contributed by atoms with Gasteiger partial charge in [-0.15, -0.1) is 0 Å². The van der Waals surface area contributed by atoms with Gasteiger partial charge in [0, 0.05) is 35.0 Å². The fourth-order valence-corrected chi connectivity index (χ4v) is 4.52. The monoisotopic (exact) mass is 312 g/mol. The Morgan fingerprint density at radius 3 is 2.04 bits per heavy atom. The van der Waals surface area contributed by atoms with Crippen molar-refractivity contribution in [3.8, 4) is 0 Å². The van der Waals surface area contributed by atoms with Crippen LogP contribution in [0.25, 0.3) is 0 Å². The lowest BCUT2D eigenvalue weighted by atomic mass is 9.58. The van der Waals surface area contributed by atoms with Gasteiger partial charge in [0.25, 0.3) is 0 Å². The van der Waals surface area contributed by atoms with Crippen molar-refractivity contribution in [3.05, 3.63) is 39.7 Å². The van der Waals surface area contributed by atoms with Gasteiger partial charge in [0.05, 0.1) is 0 Å². The largest absolute Gasteiger partial charge is 0.356 e. The maximum absolute atomic E-state index is 2.61. The molecule has 0 amide bonds. The number of nitrogens with zero attached hydrogens (tertiary/aromatic N) is 2. The zero-order chi connectivity index (χ0) is 17.5. The van der Waals surface area contributed by atoms with Gasteiger partial charge < -0.3 is 9.80 Å². The third-order valence-corrected chi connectivity index (χ3v) is 7.24. The molecule has 23 heavy (non-hydrogen) atoms. The van der Waals surface area contributed by atoms with Gasteiger partial charge >= 0.3 is 0 Å². The lowest BCUT2D eigenvalue weighted by molar-refractivity contribution is 0.230. The van der Waals surface area contributed by atoms with Gasteiger partial charge in [0.15, 0.2) is 0 Å². The molecule has 0 saturated carbocycles. The zero-order valence-corrected chi connectivity index (χ0v) is 16.5. The highest BCUT2D eigenvalue weighted by atomic mass is 15.4. The number of benzene rings is 1. The first-order valence-electron chi connectivity index (χ1n) is 8.79. The van der Waals surface area contributed by atoms with Crippen molar-refractivity contribution in [1.29, 1.82) is 0 Å². The fraction of sp³-hybridized carbons (Fsp3) is 0.619. The maximum atomic E-state index is 2.61. The van der Waals surface area contributed by atoms with Gasteiger partial charge in [0.2, 0.25) is 0 Å². The average molecular weight is 313 g/mol. The molecule has 2 aliphatic rings. The number of hydrogen-bond donors (Lipinski definition) is 0. The molecule has 0 radical (unpaired) electrons. The Morgan fingerprint density at radius 2 is 1.48 bits per heavy atom. The minimum Gasteiger partial charge on any atom is -0.356 e. The first kappa shape index (κ1) is 16.4. The molecule has 126 valence electrons. The Kier molecular flexibility index (Phi) is 3.25. The van der Waals surface area contributed by atoms with Gasteiger partial charge in [-0.25, -0.2) is 0 Å². The van der Waals surface area contributed by atoms with E-state index in [9.17, 15) is 0 Å². The molecule has 1 atom stereocenters. The van der Waals surface area contributed by atoms with Crippen LogP contribution in [0.4, 0.5) is 5.69 Å². The molecule has 0 spiro atoms. The van der Waals surface area contributed by atoms with Crippen molar-refractivity contribution in [2.24, 2.45) is 5.41 Å². The van der Waals surface area contributed by atoms with Gasteiger partial charge in [-0.05, 0) is 56.9 Å². The second kappa shape index (κ2) is 4.55. The summed E-state index contributed by atoms with van der Waals surface area (Å²) in [6.07, 6.45) is 0.375. The van der Waals surface area contributed by atoms with E-state index in [1.165, 1.54) is 39.3 Å². The predicted molar refractivity (Wildman–Crippen MR) is 99.9 cm³/mol. The van der Waals surface area contributed by atoms with E-state index < -0.39 is 0 Å². The summed E-state index contributed by atoms with van der Waals surface area (Å²) < 4.78 is 0. The van der Waals surface area contributed by atoms with Crippen molar-refractivity contribution in [2.45, 2.75) is 73.9 Å². The summed E-state index contributed by atoms with van der Waals surface area (Å²) in [5.41, 5.74) is 10.3. The van der Waals surface area contributed by atoms with Crippen LogP contribution in [0.15, 0.2) is 17.5 Å². The zero-order valence-electron chi connectivity index (χ0n) is 16.5. The topological polar surface area (TPSA) is 6.48 Å². The molecule has 0 N–H and O–H groups in total. The number of anilines is 1. The summed E-state index contributed by atoms with van der Waals surface area (Å²) in [6.45, 7) is 21.1. The molecule has 0 fully saturated rings. The second-order valence-electron chi connectivity index (χ2n) is 8.64. The van der Waals surface area contributed by atoms with E-state index in [1.807, 2.05) is 0 Å². The van der Waals surface area contributed by atoms with E-state index >= 15 is 0 Å². The fourth-order valence-electron chi connectivity index (χ4n) is 4.52. The summed E-state index contributed by atoms with van der Waals surface area (Å²) in [6, 6.07) is 2.44. The van der Waals surface area contributed by atoms with E-state index in [0.717, 1.165) is 0 Å². The number of allylic oxidation sites excluding steroid dienone is 2. The summed E-state index contributed by atoms with van der Waals surface area (Å²) in [4.78, 5) is 5.04. The van der Waals surface area contributed by atoms with Gasteiger partial charge in [0.1, 0.15) is 6.17 Å². The van der Waals surface area contributed by atoms with Crippen LogP contribution in [-0.4, -0.2) is 18.1 Å². The van der Waals surface area contributed by atoms with Gasteiger partial charge in [-0.3, -0.25) is 0 Å². The Bertz CT molecular complexity index is 722. The number of fused-ring (bicyclic) bond motifs is 3. The number of aryl methyl sites for hydroxylation is 1. The quantitative estimate of drug-likeness (QED) is 0.645. The highest BCUT2D eigenvalue weighted by molar-refractivity contribution is 5.74. The van der Waals surface area contributed by atoms with E-state index in [4.69, 9.17) is 0 Å². The van der Waals surface area contributed by atoms with E-state index in [0.29, 0.717) is 6.17 Å². The molecule has 0 unspecified atom stereocenters. The van der Waals surface area contributed by atoms with Gasteiger partial charge in [-0.2, -0.15) is 0 Å². The maximum Gasteiger partial charge on any atom is 0.103 e. The van der Waals surface area contributed by atoms with Gasteiger partial charge in [-0.1, -0.05) is 33.8 Å². The average Bonchev–Trinajstić information content (AvgIpc) is 2.68. The molecule has 1 aromatic carbocycles. The summed E-state index contributed by atoms with van der Waals surface area (Å²) in [5, 5.41) is 0. The van der Waals surface area contributed by atoms with Crippen molar-refractivity contribution in [1.82, 2.24) is 4.90 Å². The first-order valence-corrected chi connectivity index (χ1v) is 8.79. The summed E-state index contributed by atoms with van der Waals surface area (Å²) >= 11 is 0. The summed E-state index contributed by atoms with van der Waals surface area (Å²) in [7, 11) is 2.23. The number of hydrogen-bond acceptors (Lipinski definition) is 2. The van der Waals surface area contributed by atoms with E-state index in [2.05, 4.69) is 85.2 Å². The molecule has 0 aromatic heterocycles. The van der Waals surface area contributed by atoms with Crippen LogP contribution in [-0.2, 0) is 5.41 Å². The van der Waals surface area contributed by atoms with Crippen LogP contribution in [0.5, 0.6) is 0 Å². The van der Waals surface area contributed by atoms with Crippen LogP contribution >= 0.6 is 0 Å². The molecular formula is C21H32N2. The Labute approximate surface area is 142 Å². The van der Waals surface area contributed by atoms with Crippen LogP contribution in [0.1, 0.15) is 63.8 Å². The molecule has 3 rings (SSSR count). The predicted octanol–water partition coefficient (Wildman–Crippen LogP) is 5.26. The number of rotatable bonds is 0. The van der Waals surface area contributed by atoms with Crippen LogP contribution in [0, 0.1) is 26.2 Å². The molecule has 0 saturated heterocycles. The lowest BCUT2D eigenvalue weighted by Gasteiger charge is -2.53. The Balaban J connectivity index is 2.46. The third kappa shape index (κ3) is 1.75.